The molecular weight excluding hydrogens is 509 g/mol. The Kier molecular flexibility index (Phi) is 7.60. The number of alkyl halides is 3. The lowest BCUT2D eigenvalue weighted by atomic mass is 9.95. The van der Waals surface area contributed by atoms with Crippen molar-refractivity contribution in [3.05, 3.63) is 90.0 Å². The smallest absolute Gasteiger partial charge is 0.369 e. The molecule has 0 saturated heterocycles. The van der Waals surface area contributed by atoms with Gasteiger partial charge in [-0.15, -0.1) is 0 Å². The van der Waals surface area contributed by atoms with E-state index in [1.165, 1.54) is 37.1 Å². The fourth-order valence-corrected chi connectivity index (χ4v) is 4.62. The molecule has 1 atom stereocenters. The number of nitrogens with zero attached hydrogens (tertiary/aromatic N) is 4. The second kappa shape index (κ2) is 11.2. The van der Waals surface area contributed by atoms with Gasteiger partial charge in [-0.2, -0.15) is 18.3 Å². The zero-order chi connectivity index (χ0) is 27.4. The standard InChI is InChI=1S/C28H27F3N6O2/c29-28(30,31)24-15-23(20-8-5-13-32-16-20)36-37(24)22-11-12-25(33-17-22)35-27(39)19-7-4-6-18(14-19)26(38)34-21-9-2-1-3-10-21/h4-8,11-17,21,27,39H,1-3,9-10H2,(H,33,35)(H,34,38). The van der Waals surface area contributed by atoms with E-state index in [1.54, 1.807) is 36.4 Å². The van der Waals surface area contributed by atoms with Crippen LogP contribution in [0.5, 0.6) is 0 Å². The van der Waals surface area contributed by atoms with Crippen LogP contribution in [-0.2, 0) is 6.18 Å². The van der Waals surface area contributed by atoms with Crippen molar-refractivity contribution < 1.29 is 23.1 Å². The largest absolute Gasteiger partial charge is 0.433 e. The average Bonchev–Trinajstić information content (AvgIpc) is 3.41. The van der Waals surface area contributed by atoms with Crippen molar-refractivity contribution in [3.8, 4) is 16.9 Å². The average molecular weight is 537 g/mol. The summed E-state index contributed by atoms with van der Waals surface area (Å²) in [6.07, 6.45) is 3.67. The van der Waals surface area contributed by atoms with Gasteiger partial charge in [0.15, 0.2) is 6.23 Å². The summed E-state index contributed by atoms with van der Waals surface area (Å²) in [4.78, 5) is 20.8. The van der Waals surface area contributed by atoms with Crippen molar-refractivity contribution in [2.24, 2.45) is 0 Å². The molecule has 8 nitrogen and oxygen atoms in total. The van der Waals surface area contributed by atoms with E-state index in [0.717, 1.165) is 36.4 Å². The summed E-state index contributed by atoms with van der Waals surface area (Å²) in [6.45, 7) is 0. The Hall–Kier alpha value is -4.25. The zero-order valence-electron chi connectivity index (χ0n) is 20.9. The van der Waals surface area contributed by atoms with E-state index in [9.17, 15) is 23.1 Å². The van der Waals surface area contributed by atoms with E-state index >= 15 is 0 Å². The number of halogens is 3. The van der Waals surface area contributed by atoms with Gasteiger partial charge in [-0.25, -0.2) is 9.67 Å². The molecule has 1 aliphatic rings. The normalized spacial score (nSPS) is 15.1. The molecule has 4 aromatic rings. The summed E-state index contributed by atoms with van der Waals surface area (Å²) in [6, 6.07) is 13.9. The number of aliphatic hydroxyl groups is 1. The molecule has 1 amide bonds. The number of benzene rings is 1. The number of amides is 1. The van der Waals surface area contributed by atoms with E-state index in [-0.39, 0.29) is 29.1 Å². The maximum atomic E-state index is 13.8. The van der Waals surface area contributed by atoms with Crippen LogP contribution in [0.15, 0.2) is 73.2 Å². The third-order valence-corrected chi connectivity index (χ3v) is 6.64. The van der Waals surface area contributed by atoms with Crippen LogP contribution >= 0.6 is 0 Å². The highest BCUT2D eigenvalue weighted by atomic mass is 19.4. The van der Waals surface area contributed by atoms with E-state index < -0.39 is 18.1 Å². The maximum absolute atomic E-state index is 13.8. The van der Waals surface area contributed by atoms with Crippen LogP contribution in [-0.4, -0.2) is 36.8 Å². The van der Waals surface area contributed by atoms with Crippen LogP contribution in [0.2, 0.25) is 0 Å². The Morgan fingerprint density at radius 2 is 1.85 bits per heavy atom. The van der Waals surface area contributed by atoms with Crippen LogP contribution < -0.4 is 10.6 Å². The quantitative estimate of drug-likeness (QED) is 0.269. The first kappa shape index (κ1) is 26.4. The van der Waals surface area contributed by atoms with Crippen LogP contribution in [0.3, 0.4) is 0 Å². The summed E-state index contributed by atoms with van der Waals surface area (Å²) >= 11 is 0. The number of rotatable bonds is 7. The predicted molar refractivity (Wildman–Crippen MR) is 139 cm³/mol. The first-order chi connectivity index (χ1) is 18.8. The summed E-state index contributed by atoms with van der Waals surface area (Å²) in [5.41, 5.74) is 0.604. The zero-order valence-corrected chi connectivity index (χ0v) is 20.9. The Morgan fingerprint density at radius 1 is 1.03 bits per heavy atom. The summed E-state index contributed by atoms with van der Waals surface area (Å²) in [7, 11) is 0. The van der Waals surface area contributed by atoms with Crippen molar-refractivity contribution >= 4 is 11.7 Å². The van der Waals surface area contributed by atoms with Crippen LogP contribution in [0.1, 0.15) is 59.9 Å². The van der Waals surface area contributed by atoms with Gasteiger partial charge in [0, 0.05) is 35.1 Å². The number of anilines is 1. The number of carbonyl (C=O) groups is 1. The monoisotopic (exact) mass is 536 g/mol. The topological polar surface area (TPSA) is 105 Å². The molecule has 1 saturated carbocycles. The Morgan fingerprint density at radius 3 is 2.54 bits per heavy atom. The van der Waals surface area contributed by atoms with Crippen molar-refractivity contribution in [3.63, 3.8) is 0 Å². The Balaban J connectivity index is 1.30. The predicted octanol–water partition coefficient (Wildman–Crippen LogP) is 5.51. The first-order valence-corrected chi connectivity index (χ1v) is 12.7. The van der Waals surface area contributed by atoms with E-state index in [2.05, 4.69) is 25.7 Å². The van der Waals surface area contributed by atoms with Crippen molar-refractivity contribution in [2.45, 2.75) is 50.6 Å². The number of hydrogen-bond acceptors (Lipinski definition) is 6. The van der Waals surface area contributed by atoms with Crippen LogP contribution in [0.25, 0.3) is 16.9 Å². The molecule has 1 fully saturated rings. The van der Waals surface area contributed by atoms with E-state index in [1.807, 2.05) is 0 Å². The van der Waals surface area contributed by atoms with Gasteiger partial charge >= 0.3 is 6.18 Å². The SMILES string of the molecule is O=C(NC1CCCCC1)c1cccc(C(O)Nc2ccc(-n3nc(-c4cccnc4)cc3C(F)(F)F)cn2)c1. The van der Waals surface area contributed by atoms with Gasteiger partial charge in [-0.3, -0.25) is 9.78 Å². The number of carbonyl (C=O) groups excluding carboxylic acids is 1. The molecule has 39 heavy (non-hydrogen) atoms. The molecule has 0 aliphatic heterocycles. The Labute approximate surface area is 222 Å². The van der Waals surface area contributed by atoms with E-state index in [0.29, 0.717) is 16.7 Å². The number of nitrogens with one attached hydrogen (secondary N) is 2. The first-order valence-electron chi connectivity index (χ1n) is 12.7. The fraction of sp³-hybridized carbons (Fsp3) is 0.286. The van der Waals surface area contributed by atoms with Crippen LogP contribution in [0.4, 0.5) is 19.0 Å². The molecule has 3 heterocycles. The Bertz CT molecular complexity index is 1420. The highest BCUT2D eigenvalue weighted by molar-refractivity contribution is 5.94. The molecule has 0 bridgehead atoms. The molecule has 202 valence electrons. The number of aromatic nitrogens is 4. The molecule has 3 N–H and O–H groups in total. The van der Waals surface area contributed by atoms with Crippen molar-refractivity contribution in [2.75, 3.05) is 5.32 Å². The van der Waals surface area contributed by atoms with Gasteiger partial charge < -0.3 is 15.7 Å². The summed E-state index contributed by atoms with van der Waals surface area (Å²) in [5.74, 6) is 0.0419. The molecule has 3 aromatic heterocycles. The van der Waals surface area contributed by atoms with Crippen LogP contribution in [0, 0.1) is 0 Å². The number of hydrogen-bond donors (Lipinski definition) is 3. The van der Waals surface area contributed by atoms with Crippen molar-refractivity contribution in [1.82, 2.24) is 25.1 Å². The number of pyridine rings is 2. The second-order valence-electron chi connectivity index (χ2n) is 9.45. The molecule has 1 aliphatic carbocycles. The van der Waals surface area contributed by atoms with E-state index in [4.69, 9.17) is 0 Å². The molecule has 0 spiro atoms. The van der Waals surface area contributed by atoms with Gasteiger partial charge in [0.2, 0.25) is 0 Å². The minimum absolute atomic E-state index is 0.0962. The molecule has 0 radical (unpaired) electrons. The fourth-order valence-electron chi connectivity index (χ4n) is 4.62. The summed E-state index contributed by atoms with van der Waals surface area (Å²) in [5, 5.41) is 20.7. The summed E-state index contributed by atoms with van der Waals surface area (Å²) < 4.78 is 42.0. The molecular formula is C28H27F3N6O2. The molecule has 11 heteroatoms. The van der Waals surface area contributed by atoms with Gasteiger partial charge in [0.25, 0.3) is 5.91 Å². The highest BCUT2D eigenvalue weighted by Gasteiger charge is 2.36. The number of aliphatic hydroxyl groups excluding tert-OH is 1. The molecule has 1 aromatic carbocycles. The highest BCUT2D eigenvalue weighted by Crippen LogP contribution is 2.34. The second-order valence-corrected chi connectivity index (χ2v) is 9.45. The van der Waals surface area contributed by atoms with Gasteiger partial charge in [0.05, 0.1) is 17.6 Å². The van der Waals surface area contributed by atoms with Gasteiger partial charge in [0.1, 0.15) is 11.5 Å². The molecule has 5 rings (SSSR count). The minimum atomic E-state index is -4.64. The lowest BCUT2D eigenvalue weighted by Gasteiger charge is -2.23. The van der Waals surface area contributed by atoms with Gasteiger partial charge in [-0.1, -0.05) is 31.4 Å². The lowest BCUT2D eigenvalue weighted by molar-refractivity contribution is -0.142. The van der Waals surface area contributed by atoms with Gasteiger partial charge in [-0.05, 0) is 55.3 Å². The third kappa shape index (κ3) is 6.26. The maximum Gasteiger partial charge on any atom is 0.433 e. The third-order valence-electron chi connectivity index (χ3n) is 6.64. The lowest BCUT2D eigenvalue weighted by Crippen LogP contribution is -2.36. The molecule has 1 unspecified atom stereocenters. The van der Waals surface area contributed by atoms with Crippen molar-refractivity contribution in [1.29, 1.82) is 0 Å². The minimum Gasteiger partial charge on any atom is -0.369 e.